The van der Waals surface area contributed by atoms with E-state index in [4.69, 9.17) is 4.74 Å². The third-order valence-electron chi connectivity index (χ3n) is 7.62. The lowest BCUT2D eigenvalue weighted by Crippen LogP contribution is -2.54. The van der Waals surface area contributed by atoms with Crippen LogP contribution in [0.15, 0.2) is 72.8 Å². The number of benzene rings is 4. The van der Waals surface area contributed by atoms with E-state index in [2.05, 4.69) is 16.0 Å². The summed E-state index contributed by atoms with van der Waals surface area (Å²) in [6.07, 6.45) is -12.1. The van der Waals surface area contributed by atoms with Gasteiger partial charge in [-0.3, -0.25) is 9.59 Å². The molecule has 0 aliphatic rings. The molecule has 4 rings (SSSR count). The van der Waals surface area contributed by atoms with Gasteiger partial charge >= 0.3 is 24.3 Å². The molecule has 0 aliphatic heterocycles. The number of aromatic hydroxyl groups is 2. The Labute approximate surface area is 282 Å². The lowest BCUT2D eigenvalue weighted by Gasteiger charge is -2.38. The maximum Gasteiger partial charge on any atom is 0.411 e. The number of halogens is 6. The summed E-state index contributed by atoms with van der Waals surface area (Å²) < 4.78 is 92.9. The van der Waals surface area contributed by atoms with Gasteiger partial charge in [0.25, 0.3) is 11.8 Å². The normalized spacial score (nSPS) is 11.8. The SMILES string of the molecule is CNC(=O)c1cc(Oc2ccc(C(=O)Nc3ccc(C(c4ccc(NC)c(O)c4)(C(F)(F)F)C(F)(F)F)cc3O)c(C(=O)O)c2)ccc1C(=O)O. The second kappa shape index (κ2) is 13.8. The number of rotatable bonds is 10. The van der Waals surface area contributed by atoms with Crippen molar-refractivity contribution in [2.45, 2.75) is 17.8 Å². The zero-order valence-electron chi connectivity index (χ0n) is 26.0. The molecule has 0 saturated heterocycles. The van der Waals surface area contributed by atoms with E-state index in [0.29, 0.717) is 18.2 Å². The zero-order chi connectivity index (χ0) is 38.1. The Morgan fingerprint density at radius 1 is 0.588 bits per heavy atom. The minimum Gasteiger partial charge on any atom is -0.506 e. The standard InChI is InChI=1S/C33H25F6N3O9/c1-40-23-9-3-15(11-25(23)43)31(32(34,35)36,33(37,38)39)16-4-10-24(26(44)12-16)42-28(46)19-7-5-18(14-22(19)30(49)50)51-17-6-8-20(29(47)48)21(13-17)27(45)41-2/h3-14,40,43-44H,1-2H3,(H,41,45)(H,42,46)(H,47,48)(H,49,50). The van der Waals surface area contributed by atoms with Crippen molar-refractivity contribution in [3.05, 3.63) is 106 Å². The van der Waals surface area contributed by atoms with Crippen LogP contribution in [0.1, 0.15) is 52.6 Å². The molecule has 12 nitrogen and oxygen atoms in total. The van der Waals surface area contributed by atoms with Gasteiger partial charge in [-0.2, -0.15) is 26.3 Å². The molecule has 7 N–H and O–H groups in total. The third-order valence-corrected chi connectivity index (χ3v) is 7.62. The van der Waals surface area contributed by atoms with Crippen molar-refractivity contribution in [3.63, 3.8) is 0 Å². The fourth-order valence-corrected chi connectivity index (χ4v) is 5.21. The molecule has 4 aromatic rings. The van der Waals surface area contributed by atoms with Crippen LogP contribution in [-0.4, -0.2) is 70.6 Å². The topological polar surface area (TPSA) is 195 Å². The summed E-state index contributed by atoms with van der Waals surface area (Å²) in [5, 5.41) is 46.5. The van der Waals surface area contributed by atoms with Crippen molar-refractivity contribution in [1.82, 2.24) is 5.32 Å². The van der Waals surface area contributed by atoms with Crippen molar-refractivity contribution >= 4 is 35.1 Å². The number of carboxylic acid groups (broad SMARTS) is 2. The molecular formula is C33H25F6N3O9. The lowest BCUT2D eigenvalue weighted by atomic mass is 9.72. The van der Waals surface area contributed by atoms with Gasteiger partial charge in [0.1, 0.15) is 23.0 Å². The van der Waals surface area contributed by atoms with Gasteiger partial charge in [0.2, 0.25) is 5.41 Å². The zero-order valence-corrected chi connectivity index (χ0v) is 26.0. The summed E-state index contributed by atoms with van der Waals surface area (Å²) in [6.45, 7) is 0. The first-order valence-electron chi connectivity index (χ1n) is 14.2. The monoisotopic (exact) mass is 721 g/mol. The van der Waals surface area contributed by atoms with E-state index in [0.717, 1.165) is 36.4 Å². The van der Waals surface area contributed by atoms with Crippen molar-refractivity contribution < 1.29 is 70.7 Å². The Hall–Kier alpha value is -6.46. The summed E-state index contributed by atoms with van der Waals surface area (Å²) in [6, 6.07) is 8.88. The third kappa shape index (κ3) is 7.01. The van der Waals surface area contributed by atoms with Crippen LogP contribution in [0.5, 0.6) is 23.0 Å². The van der Waals surface area contributed by atoms with Gasteiger partial charge in [-0.25, -0.2) is 9.59 Å². The quantitative estimate of drug-likeness (QED) is 0.0717. The number of hydrogen-bond donors (Lipinski definition) is 7. The number of hydrogen-bond acceptors (Lipinski definition) is 8. The molecule has 0 atom stereocenters. The van der Waals surface area contributed by atoms with E-state index in [-0.39, 0.29) is 40.4 Å². The summed E-state index contributed by atoms with van der Waals surface area (Å²) >= 11 is 0. The highest BCUT2D eigenvalue weighted by Gasteiger charge is 2.72. The van der Waals surface area contributed by atoms with Crippen molar-refractivity contribution in [2.24, 2.45) is 0 Å². The molecule has 51 heavy (non-hydrogen) atoms. The highest BCUT2D eigenvalue weighted by molar-refractivity contribution is 6.11. The van der Waals surface area contributed by atoms with Gasteiger partial charge in [-0.05, 0) is 71.8 Å². The first-order valence-corrected chi connectivity index (χ1v) is 14.2. The number of nitrogens with one attached hydrogen (secondary N) is 3. The van der Waals surface area contributed by atoms with Crippen LogP contribution in [-0.2, 0) is 5.41 Å². The molecule has 18 heteroatoms. The van der Waals surface area contributed by atoms with E-state index in [9.17, 15) is 65.9 Å². The molecule has 0 fully saturated rings. The number of aromatic carboxylic acids is 2. The van der Waals surface area contributed by atoms with E-state index in [1.807, 2.05) is 0 Å². The van der Waals surface area contributed by atoms with Crippen molar-refractivity contribution in [1.29, 1.82) is 0 Å². The van der Waals surface area contributed by atoms with Crippen molar-refractivity contribution in [2.75, 3.05) is 24.7 Å². The van der Waals surface area contributed by atoms with Crippen LogP contribution < -0.4 is 20.7 Å². The Kier molecular flexibility index (Phi) is 10.1. The molecule has 4 aromatic carbocycles. The van der Waals surface area contributed by atoms with Crippen LogP contribution in [0.25, 0.3) is 0 Å². The minimum atomic E-state index is -6.07. The number of carbonyl (C=O) groups excluding carboxylic acids is 2. The van der Waals surface area contributed by atoms with Gasteiger partial charge in [0.05, 0.1) is 33.6 Å². The maximum absolute atomic E-state index is 14.6. The smallest absolute Gasteiger partial charge is 0.411 e. The van der Waals surface area contributed by atoms with Crippen LogP contribution in [0.3, 0.4) is 0 Å². The molecule has 268 valence electrons. The highest BCUT2D eigenvalue weighted by atomic mass is 19.4. The van der Waals surface area contributed by atoms with Crippen LogP contribution >= 0.6 is 0 Å². The van der Waals surface area contributed by atoms with Gasteiger partial charge < -0.3 is 41.1 Å². The molecule has 2 amide bonds. The molecule has 0 spiro atoms. The first-order chi connectivity index (χ1) is 23.8. The fourth-order valence-electron chi connectivity index (χ4n) is 5.21. The summed E-state index contributed by atoms with van der Waals surface area (Å²) in [7, 11) is 2.53. The number of carbonyl (C=O) groups is 4. The molecule has 0 saturated carbocycles. The number of ether oxygens (including phenoxy) is 1. The minimum absolute atomic E-state index is 0.0980. The van der Waals surface area contributed by atoms with Gasteiger partial charge in [-0.1, -0.05) is 12.1 Å². The summed E-state index contributed by atoms with van der Waals surface area (Å²) in [4.78, 5) is 48.8. The summed E-state index contributed by atoms with van der Waals surface area (Å²) in [5.74, 6) is -7.57. The number of anilines is 2. The van der Waals surface area contributed by atoms with E-state index in [1.54, 1.807) is 0 Å². The average Bonchev–Trinajstić information content (AvgIpc) is 3.04. The Morgan fingerprint density at radius 2 is 1.06 bits per heavy atom. The molecule has 0 heterocycles. The predicted molar refractivity (Wildman–Crippen MR) is 167 cm³/mol. The van der Waals surface area contributed by atoms with Gasteiger partial charge in [-0.15, -0.1) is 0 Å². The Bertz CT molecular complexity index is 2030. The maximum atomic E-state index is 14.6. The Balaban J connectivity index is 1.70. The highest BCUT2D eigenvalue weighted by Crippen LogP contribution is 2.57. The Morgan fingerprint density at radius 3 is 1.49 bits per heavy atom. The summed E-state index contributed by atoms with van der Waals surface area (Å²) in [5.41, 5.74) is -10.5. The molecular weight excluding hydrogens is 696 g/mol. The van der Waals surface area contributed by atoms with E-state index < -0.39 is 81.0 Å². The first kappa shape index (κ1) is 37.4. The molecule has 0 aliphatic carbocycles. The molecule has 0 radical (unpaired) electrons. The van der Waals surface area contributed by atoms with Gasteiger partial charge in [0, 0.05) is 14.1 Å². The predicted octanol–water partition coefficient (Wildman–Crippen LogP) is 6.35. The van der Waals surface area contributed by atoms with E-state index in [1.165, 1.54) is 20.2 Å². The molecule has 0 bridgehead atoms. The number of phenols is 2. The number of carboxylic acids is 2. The van der Waals surface area contributed by atoms with Crippen molar-refractivity contribution in [3.8, 4) is 23.0 Å². The number of amides is 2. The second-order valence-corrected chi connectivity index (χ2v) is 10.6. The van der Waals surface area contributed by atoms with Crippen LogP contribution in [0.4, 0.5) is 37.7 Å². The lowest BCUT2D eigenvalue weighted by molar-refractivity contribution is -0.288. The van der Waals surface area contributed by atoms with Crippen LogP contribution in [0.2, 0.25) is 0 Å². The molecule has 0 unspecified atom stereocenters. The van der Waals surface area contributed by atoms with Crippen LogP contribution in [0, 0.1) is 0 Å². The number of phenolic OH excluding ortho intramolecular Hbond substituents is 2. The number of alkyl halides is 6. The second-order valence-electron chi connectivity index (χ2n) is 10.6. The van der Waals surface area contributed by atoms with Gasteiger partial charge in [0.15, 0.2) is 0 Å². The average molecular weight is 722 g/mol. The van der Waals surface area contributed by atoms with E-state index >= 15 is 0 Å². The fraction of sp³-hybridized carbons (Fsp3) is 0.152. The molecule has 0 aromatic heterocycles. The largest absolute Gasteiger partial charge is 0.506 e.